The van der Waals surface area contributed by atoms with Crippen molar-refractivity contribution in [2.24, 2.45) is 0 Å². The maximum atomic E-state index is 11.1. The zero-order chi connectivity index (χ0) is 11.3. The molecule has 88 valence electrons. The molecule has 0 spiro atoms. The number of rotatable bonds is 6. The highest BCUT2D eigenvalue weighted by molar-refractivity contribution is 5.69. The van der Waals surface area contributed by atoms with Crippen molar-refractivity contribution >= 4 is 5.97 Å². The molecule has 0 aromatic rings. The van der Waals surface area contributed by atoms with Crippen LogP contribution >= 0.6 is 0 Å². The molecule has 0 saturated heterocycles. The zero-order valence-electron chi connectivity index (χ0n) is 9.58. The van der Waals surface area contributed by atoms with Crippen molar-refractivity contribution in [2.45, 2.75) is 51.2 Å². The number of β-amino-alcohol motifs (C(OH)–C–C–N with tert-alkyl or cyclic N) is 1. The fourth-order valence-corrected chi connectivity index (χ4v) is 1.73. The van der Waals surface area contributed by atoms with Gasteiger partial charge in [-0.15, -0.1) is 0 Å². The molecule has 4 nitrogen and oxygen atoms in total. The number of ether oxygens (including phenoxy) is 1. The molecule has 1 atom stereocenters. The molecule has 0 amide bonds. The Balaban J connectivity index is 2.12. The van der Waals surface area contributed by atoms with Crippen molar-refractivity contribution in [1.82, 2.24) is 5.32 Å². The van der Waals surface area contributed by atoms with Crippen molar-refractivity contribution in [3.8, 4) is 0 Å². The van der Waals surface area contributed by atoms with Crippen LogP contribution in [-0.4, -0.2) is 35.9 Å². The molecule has 4 heteroatoms. The number of esters is 1. The molecule has 0 aliphatic heterocycles. The Bertz CT molecular complexity index is 214. The lowest BCUT2D eigenvalue weighted by molar-refractivity contribution is -0.145. The van der Waals surface area contributed by atoms with Crippen molar-refractivity contribution in [1.29, 1.82) is 0 Å². The summed E-state index contributed by atoms with van der Waals surface area (Å²) in [6, 6.07) is 0. The molecule has 1 aliphatic rings. The lowest BCUT2D eigenvalue weighted by Crippen LogP contribution is -2.50. The number of hydrogen-bond donors (Lipinski definition) is 2. The Labute approximate surface area is 91.0 Å². The van der Waals surface area contributed by atoms with E-state index < -0.39 is 6.10 Å². The van der Waals surface area contributed by atoms with Crippen LogP contribution in [0.15, 0.2) is 0 Å². The number of nitrogens with one attached hydrogen (secondary N) is 1. The van der Waals surface area contributed by atoms with Crippen LogP contribution in [0.3, 0.4) is 0 Å². The fraction of sp³-hybridized carbons (Fsp3) is 0.909. The number of aliphatic hydroxyl groups is 1. The second kappa shape index (κ2) is 5.47. The van der Waals surface area contributed by atoms with Gasteiger partial charge < -0.3 is 15.2 Å². The van der Waals surface area contributed by atoms with Gasteiger partial charge in [0, 0.05) is 12.1 Å². The zero-order valence-corrected chi connectivity index (χ0v) is 9.58. The van der Waals surface area contributed by atoms with E-state index in [0.717, 1.165) is 12.8 Å². The summed E-state index contributed by atoms with van der Waals surface area (Å²) in [5.74, 6) is -0.328. The second-order valence-corrected chi connectivity index (χ2v) is 4.46. The quantitative estimate of drug-likeness (QED) is 0.644. The van der Waals surface area contributed by atoms with E-state index in [4.69, 9.17) is 4.74 Å². The summed E-state index contributed by atoms with van der Waals surface area (Å²) in [6.07, 6.45) is 2.99. The van der Waals surface area contributed by atoms with E-state index in [1.165, 1.54) is 6.42 Å². The summed E-state index contributed by atoms with van der Waals surface area (Å²) in [5.41, 5.74) is 0.176. The molecule has 1 saturated carbocycles. The van der Waals surface area contributed by atoms with Crippen LogP contribution in [0.2, 0.25) is 0 Å². The van der Waals surface area contributed by atoms with E-state index in [1.807, 2.05) is 0 Å². The van der Waals surface area contributed by atoms with E-state index in [2.05, 4.69) is 12.2 Å². The largest absolute Gasteiger partial charge is 0.466 e. The molecule has 1 fully saturated rings. The highest BCUT2D eigenvalue weighted by Gasteiger charge is 2.31. The molecule has 1 unspecified atom stereocenters. The maximum Gasteiger partial charge on any atom is 0.308 e. The van der Waals surface area contributed by atoms with Crippen LogP contribution in [-0.2, 0) is 9.53 Å². The first-order valence-corrected chi connectivity index (χ1v) is 5.64. The smallest absolute Gasteiger partial charge is 0.308 e. The SMILES string of the molecule is CCOC(=O)CC(O)CNC1(C)CCC1. The fourth-order valence-electron chi connectivity index (χ4n) is 1.73. The monoisotopic (exact) mass is 215 g/mol. The van der Waals surface area contributed by atoms with Crippen molar-refractivity contribution < 1.29 is 14.6 Å². The Kier molecular flexibility index (Phi) is 4.54. The first-order valence-electron chi connectivity index (χ1n) is 5.64. The predicted molar refractivity (Wildman–Crippen MR) is 57.5 cm³/mol. The van der Waals surface area contributed by atoms with Crippen LogP contribution in [0.5, 0.6) is 0 Å². The highest BCUT2D eigenvalue weighted by Crippen LogP contribution is 2.30. The number of hydrogen-bond acceptors (Lipinski definition) is 4. The van der Waals surface area contributed by atoms with Gasteiger partial charge in [-0.2, -0.15) is 0 Å². The Morgan fingerprint density at radius 2 is 2.27 bits per heavy atom. The van der Waals surface area contributed by atoms with E-state index in [1.54, 1.807) is 6.92 Å². The van der Waals surface area contributed by atoms with Gasteiger partial charge in [0.25, 0.3) is 0 Å². The minimum atomic E-state index is -0.638. The van der Waals surface area contributed by atoms with Gasteiger partial charge in [0.05, 0.1) is 19.1 Å². The second-order valence-electron chi connectivity index (χ2n) is 4.46. The summed E-state index contributed by atoms with van der Waals surface area (Å²) < 4.78 is 4.76. The van der Waals surface area contributed by atoms with Gasteiger partial charge in [0.2, 0.25) is 0 Å². The molecule has 0 bridgehead atoms. The molecule has 0 heterocycles. The first-order chi connectivity index (χ1) is 7.06. The molecular weight excluding hydrogens is 194 g/mol. The third-order valence-electron chi connectivity index (χ3n) is 2.93. The summed E-state index contributed by atoms with van der Waals surface area (Å²) >= 11 is 0. The summed E-state index contributed by atoms with van der Waals surface area (Å²) in [5, 5.41) is 12.9. The van der Waals surface area contributed by atoms with Crippen molar-refractivity contribution in [3.05, 3.63) is 0 Å². The van der Waals surface area contributed by atoms with Crippen molar-refractivity contribution in [3.63, 3.8) is 0 Å². The lowest BCUT2D eigenvalue weighted by atomic mass is 9.78. The minimum absolute atomic E-state index is 0.0803. The average Bonchev–Trinajstić information content (AvgIpc) is 2.12. The van der Waals surface area contributed by atoms with Gasteiger partial charge in [-0.05, 0) is 33.1 Å². The highest BCUT2D eigenvalue weighted by atomic mass is 16.5. The van der Waals surface area contributed by atoms with Crippen LogP contribution < -0.4 is 5.32 Å². The molecule has 0 aromatic carbocycles. The van der Waals surface area contributed by atoms with Gasteiger partial charge in [0.1, 0.15) is 0 Å². The van der Waals surface area contributed by atoms with Gasteiger partial charge in [-0.1, -0.05) is 0 Å². The number of carbonyl (C=O) groups is 1. The minimum Gasteiger partial charge on any atom is -0.466 e. The standard InChI is InChI=1S/C11H21NO3/c1-3-15-10(14)7-9(13)8-12-11(2)5-4-6-11/h9,12-13H,3-8H2,1-2H3. The Morgan fingerprint density at radius 3 is 2.73 bits per heavy atom. The van der Waals surface area contributed by atoms with E-state index in [-0.39, 0.29) is 17.9 Å². The number of aliphatic hydroxyl groups excluding tert-OH is 1. The maximum absolute atomic E-state index is 11.1. The predicted octanol–water partition coefficient (Wildman–Crippen LogP) is 0.833. The average molecular weight is 215 g/mol. The first kappa shape index (κ1) is 12.5. The number of carbonyl (C=O) groups excluding carboxylic acids is 1. The van der Waals surface area contributed by atoms with E-state index in [9.17, 15) is 9.90 Å². The molecule has 2 N–H and O–H groups in total. The third-order valence-corrected chi connectivity index (χ3v) is 2.93. The van der Waals surface area contributed by atoms with Crippen LogP contribution in [0.1, 0.15) is 39.5 Å². The van der Waals surface area contributed by atoms with Crippen LogP contribution in [0, 0.1) is 0 Å². The van der Waals surface area contributed by atoms with E-state index >= 15 is 0 Å². The van der Waals surface area contributed by atoms with Crippen LogP contribution in [0.25, 0.3) is 0 Å². The molecule has 1 aliphatic carbocycles. The van der Waals surface area contributed by atoms with Gasteiger partial charge in [-0.3, -0.25) is 4.79 Å². The normalized spacial score (nSPS) is 20.5. The van der Waals surface area contributed by atoms with Crippen molar-refractivity contribution in [2.75, 3.05) is 13.2 Å². The molecule has 1 rings (SSSR count). The summed E-state index contributed by atoms with van der Waals surface area (Å²) in [4.78, 5) is 11.1. The molecule has 15 heavy (non-hydrogen) atoms. The third kappa shape index (κ3) is 4.18. The molecular formula is C11H21NO3. The van der Waals surface area contributed by atoms with Crippen LogP contribution in [0.4, 0.5) is 0 Å². The Hall–Kier alpha value is -0.610. The topological polar surface area (TPSA) is 58.6 Å². The lowest BCUT2D eigenvalue weighted by Gasteiger charge is -2.40. The summed E-state index contributed by atoms with van der Waals surface area (Å²) in [7, 11) is 0. The Morgan fingerprint density at radius 1 is 1.60 bits per heavy atom. The molecule has 0 radical (unpaired) electrons. The van der Waals surface area contributed by atoms with E-state index in [0.29, 0.717) is 13.2 Å². The van der Waals surface area contributed by atoms with Gasteiger partial charge in [-0.25, -0.2) is 0 Å². The molecule has 0 aromatic heterocycles. The summed E-state index contributed by atoms with van der Waals surface area (Å²) in [6.45, 7) is 4.75. The van der Waals surface area contributed by atoms with Gasteiger partial charge in [0.15, 0.2) is 0 Å². The van der Waals surface area contributed by atoms with Gasteiger partial charge >= 0.3 is 5.97 Å².